The van der Waals surface area contributed by atoms with Crippen LogP contribution in [0, 0.1) is 5.92 Å². The first kappa shape index (κ1) is 13.4. The number of rotatable bonds is 5. The molecule has 18 heavy (non-hydrogen) atoms. The van der Waals surface area contributed by atoms with Gasteiger partial charge in [0.25, 0.3) is 0 Å². The van der Waals surface area contributed by atoms with Crippen LogP contribution in [0.3, 0.4) is 0 Å². The van der Waals surface area contributed by atoms with Crippen molar-refractivity contribution >= 4 is 5.82 Å². The van der Waals surface area contributed by atoms with Crippen LogP contribution in [-0.2, 0) is 6.54 Å². The smallest absolute Gasteiger partial charge is 0.148 e. The van der Waals surface area contributed by atoms with Crippen molar-refractivity contribution in [1.29, 1.82) is 0 Å². The van der Waals surface area contributed by atoms with E-state index in [0.717, 1.165) is 18.3 Å². The topological polar surface area (TPSA) is 33.1 Å². The number of piperidine rings is 1. The highest BCUT2D eigenvalue weighted by Crippen LogP contribution is 2.22. The summed E-state index contributed by atoms with van der Waals surface area (Å²) in [5.41, 5.74) is 0. The third-order valence-electron chi connectivity index (χ3n) is 4.13. The average Bonchev–Trinajstić information content (AvgIpc) is 2.86. The molecule has 1 fully saturated rings. The average molecular weight is 250 g/mol. The molecule has 0 bridgehead atoms. The van der Waals surface area contributed by atoms with Crippen molar-refractivity contribution in [1.82, 2.24) is 14.7 Å². The number of aryl methyl sites for hydroxylation is 1. The van der Waals surface area contributed by atoms with Crippen LogP contribution in [0.2, 0.25) is 0 Å². The number of nitrogens with one attached hydrogen (secondary N) is 1. The Bertz CT molecular complexity index is 352. The molecule has 1 saturated heterocycles. The van der Waals surface area contributed by atoms with Crippen LogP contribution in [0.1, 0.15) is 33.6 Å². The Hall–Kier alpha value is -1.03. The molecule has 0 aliphatic carbocycles. The number of hydrogen-bond acceptors (Lipinski definition) is 3. The summed E-state index contributed by atoms with van der Waals surface area (Å²) in [4.78, 5) is 2.54. The minimum Gasteiger partial charge on any atom is -0.366 e. The Morgan fingerprint density at radius 2 is 2.06 bits per heavy atom. The van der Waals surface area contributed by atoms with Gasteiger partial charge in [-0.25, -0.2) is 0 Å². The second-order valence-corrected chi connectivity index (χ2v) is 5.26. The fraction of sp³-hybridized carbons (Fsp3) is 0.786. The summed E-state index contributed by atoms with van der Waals surface area (Å²) >= 11 is 0. The molecule has 0 radical (unpaired) electrons. The molecule has 1 aromatic rings. The van der Waals surface area contributed by atoms with Gasteiger partial charge in [-0.3, -0.25) is 4.68 Å². The number of likely N-dealkylation sites (tertiary alicyclic amines) is 1. The van der Waals surface area contributed by atoms with E-state index in [9.17, 15) is 0 Å². The lowest BCUT2D eigenvalue weighted by atomic mass is 9.90. The molecule has 1 aliphatic rings. The molecule has 0 amide bonds. The standard InChI is InChI=1S/C14H26N4/c1-4-17-9-6-13(7-10-17)12(3)15-14-8-11-18(5-2)16-14/h8,11-13H,4-7,9-10H2,1-3H3,(H,15,16). The molecule has 1 N–H and O–H groups in total. The van der Waals surface area contributed by atoms with Crippen LogP contribution >= 0.6 is 0 Å². The molecule has 1 unspecified atom stereocenters. The highest BCUT2D eigenvalue weighted by Gasteiger charge is 2.23. The number of hydrogen-bond donors (Lipinski definition) is 1. The molecular weight excluding hydrogens is 224 g/mol. The normalized spacial score (nSPS) is 19.9. The Morgan fingerprint density at radius 1 is 1.33 bits per heavy atom. The molecule has 2 rings (SSSR count). The molecule has 102 valence electrons. The van der Waals surface area contributed by atoms with Gasteiger partial charge in [-0.1, -0.05) is 6.92 Å². The molecule has 4 heteroatoms. The van der Waals surface area contributed by atoms with Crippen molar-refractivity contribution in [2.45, 2.75) is 46.2 Å². The van der Waals surface area contributed by atoms with E-state index >= 15 is 0 Å². The largest absolute Gasteiger partial charge is 0.366 e. The molecule has 1 atom stereocenters. The van der Waals surface area contributed by atoms with Crippen LogP contribution in [0.4, 0.5) is 5.82 Å². The highest BCUT2D eigenvalue weighted by atomic mass is 15.3. The zero-order valence-electron chi connectivity index (χ0n) is 11.9. The molecule has 2 heterocycles. The summed E-state index contributed by atoms with van der Waals surface area (Å²) < 4.78 is 1.97. The fourth-order valence-electron chi connectivity index (χ4n) is 2.74. The predicted molar refractivity (Wildman–Crippen MR) is 75.8 cm³/mol. The third-order valence-corrected chi connectivity index (χ3v) is 4.13. The minimum atomic E-state index is 0.518. The van der Waals surface area contributed by atoms with Gasteiger partial charge >= 0.3 is 0 Å². The van der Waals surface area contributed by atoms with E-state index in [1.54, 1.807) is 0 Å². The first-order valence-corrected chi connectivity index (χ1v) is 7.25. The molecule has 0 aromatic carbocycles. The van der Waals surface area contributed by atoms with Crippen molar-refractivity contribution in [2.24, 2.45) is 5.92 Å². The van der Waals surface area contributed by atoms with Gasteiger partial charge in [0.05, 0.1) is 0 Å². The maximum atomic E-state index is 4.49. The number of nitrogens with zero attached hydrogens (tertiary/aromatic N) is 3. The zero-order chi connectivity index (χ0) is 13.0. The maximum absolute atomic E-state index is 4.49. The lowest BCUT2D eigenvalue weighted by Gasteiger charge is -2.34. The van der Waals surface area contributed by atoms with E-state index in [1.165, 1.54) is 32.5 Å². The minimum absolute atomic E-state index is 0.518. The van der Waals surface area contributed by atoms with Crippen molar-refractivity contribution in [3.8, 4) is 0 Å². The van der Waals surface area contributed by atoms with Gasteiger partial charge in [-0.2, -0.15) is 5.10 Å². The Morgan fingerprint density at radius 3 is 2.61 bits per heavy atom. The summed E-state index contributed by atoms with van der Waals surface area (Å²) in [7, 11) is 0. The lowest BCUT2D eigenvalue weighted by Crippen LogP contribution is -2.39. The zero-order valence-corrected chi connectivity index (χ0v) is 11.9. The van der Waals surface area contributed by atoms with Crippen LogP contribution in [-0.4, -0.2) is 40.4 Å². The van der Waals surface area contributed by atoms with Crippen LogP contribution in [0.25, 0.3) is 0 Å². The second kappa shape index (κ2) is 6.23. The molecular formula is C14H26N4. The van der Waals surface area contributed by atoms with E-state index in [-0.39, 0.29) is 0 Å². The second-order valence-electron chi connectivity index (χ2n) is 5.26. The van der Waals surface area contributed by atoms with Gasteiger partial charge in [0.1, 0.15) is 5.82 Å². The molecule has 0 saturated carbocycles. The quantitative estimate of drug-likeness (QED) is 0.871. The van der Waals surface area contributed by atoms with Gasteiger partial charge in [0.15, 0.2) is 0 Å². The molecule has 4 nitrogen and oxygen atoms in total. The van der Waals surface area contributed by atoms with Gasteiger partial charge < -0.3 is 10.2 Å². The number of aromatic nitrogens is 2. The summed E-state index contributed by atoms with van der Waals surface area (Å²) in [5, 5.41) is 8.04. The van der Waals surface area contributed by atoms with Gasteiger partial charge in [-0.15, -0.1) is 0 Å². The SMILES string of the molecule is CCN1CCC(C(C)Nc2ccn(CC)n2)CC1. The Kier molecular flexibility index (Phi) is 4.64. The van der Waals surface area contributed by atoms with Crippen molar-refractivity contribution in [2.75, 3.05) is 25.0 Å². The Labute approximate surface area is 110 Å². The first-order chi connectivity index (χ1) is 8.72. The monoisotopic (exact) mass is 250 g/mol. The maximum Gasteiger partial charge on any atom is 0.148 e. The van der Waals surface area contributed by atoms with Crippen LogP contribution in [0.15, 0.2) is 12.3 Å². The van der Waals surface area contributed by atoms with Crippen molar-refractivity contribution in [3.63, 3.8) is 0 Å². The van der Waals surface area contributed by atoms with E-state index in [4.69, 9.17) is 0 Å². The van der Waals surface area contributed by atoms with Crippen molar-refractivity contribution < 1.29 is 0 Å². The third kappa shape index (κ3) is 3.25. The summed E-state index contributed by atoms with van der Waals surface area (Å²) in [5.74, 6) is 1.79. The van der Waals surface area contributed by atoms with Crippen LogP contribution in [0.5, 0.6) is 0 Å². The fourth-order valence-corrected chi connectivity index (χ4v) is 2.74. The van der Waals surface area contributed by atoms with Crippen molar-refractivity contribution in [3.05, 3.63) is 12.3 Å². The van der Waals surface area contributed by atoms with E-state index in [2.05, 4.69) is 42.2 Å². The molecule has 1 aromatic heterocycles. The number of anilines is 1. The van der Waals surface area contributed by atoms with Crippen LogP contribution < -0.4 is 5.32 Å². The first-order valence-electron chi connectivity index (χ1n) is 7.25. The predicted octanol–water partition coefficient (Wildman–Crippen LogP) is 2.44. The van der Waals surface area contributed by atoms with Gasteiger partial charge in [-0.05, 0) is 52.2 Å². The molecule has 0 spiro atoms. The van der Waals surface area contributed by atoms with Gasteiger partial charge in [0.2, 0.25) is 0 Å². The summed E-state index contributed by atoms with van der Waals surface area (Å²) in [6.45, 7) is 11.3. The Balaban J connectivity index is 1.82. The summed E-state index contributed by atoms with van der Waals surface area (Å²) in [6.07, 6.45) is 4.64. The van der Waals surface area contributed by atoms with E-state index in [0.29, 0.717) is 6.04 Å². The van der Waals surface area contributed by atoms with E-state index < -0.39 is 0 Å². The van der Waals surface area contributed by atoms with Gasteiger partial charge in [0, 0.05) is 24.8 Å². The van der Waals surface area contributed by atoms with E-state index in [1.807, 2.05) is 10.9 Å². The molecule has 1 aliphatic heterocycles. The summed E-state index contributed by atoms with van der Waals surface area (Å²) in [6, 6.07) is 2.59. The highest BCUT2D eigenvalue weighted by molar-refractivity contribution is 5.33. The lowest BCUT2D eigenvalue weighted by molar-refractivity contribution is 0.183.